The minimum Gasteiger partial charge on any atom is -0.354 e. The number of nitrogens with one attached hydrogen (secondary N) is 1. The molecule has 2 heterocycles. The number of thioether (sulfide) groups is 1. The van der Waals surface area contributed by atoms with Crippen LogP contribution in [0, 0.1) is 19.8 Å². The second-order valence-electron chi connectivity index (χ2n) is 8.99. The van der Waals surface area contributed by atoms with Gasteiger partial charge in [0.2, 0.25) is 11.8 Å². The summed E-state index contributed by atoms with van der Waals surface area (Å²) in [6, 6.07) is 13.4. The fourth-order valence-electron chi connectivity index (χ4n) is 4.31. The van der Waals surface area contributed by atoms with E-state index < -0.39 is 6.04 Å². The Morgan fingerprint density at radius 2 is 1.91 bits per heavy atom. The lowest BCUT2D eigenvalue weighted by Gasteiger charge is -2.30. The summed E-state index contributed by atoms with van der Waals surface area (Å²) in [5, 5.41) is 5.12. The molecule has 1 N–H and O–H groups in total. The van der Waals surface area contributed by atoms with Crippen LogP contribution in [0.5, 0.6) is 0 Å². The number of carbonyl (C=O) groups is 2. The highest BCUT2D eigenvalue weighted by atomic mass is 32.2. The molecule has 6 heteroatoms. The lowest BCUT2D eigenvalue weighted by atomic mass is 10.0. The number of para-hydroxylation sites is 1. The Kier molecular flexibility index (Phi) is 6.33. The van der Waals surface area contributed by atoms with Gasteiger partial charge in [-0.3, -0.25) is 14.5 Å². The number of anilines is 1. The summed E-state index contributed by atoms with van der Waals surface area (Å²) in [6.45, 7) is 8.97. The van der Waals surface area contributed by atoms with Crippen molar-refractivity contribution in [3.8, 4) is 0 Å². The van der Waals surface area contributed by atoms with Crippen LogP contribution in [0.15, 0.2) is 47.5 Å². The summed E-state index contributed by atoms with van der Waals surface area (Å²) >= 11 is 1.52. The highest BCUT2D eigenvalue weighted by Gasteiger charge is 2.39. The number of aryl methyl sites for hydroxylation is 3. The van der Waals surface area contributed by atoms with Gasteiger partial charge in [0.15, 0.2) is 0 Å². The molecule has 2 aromatic carbocycles. The first kappa shape index (κ1) is 22.5. The maximum atomic E-state index is 13.7. The van der Waals surface area contributed by atoms with Crippen molar-refractivity contribution in [2.45, 2.75) is 45.2 Å². The van der Waals surface area contributed by atoms with Crippen molar-refractivity contribution in [3.63, 3.8) is 0 Å². The van der Waals surface area contributed by atoms with Gasteiger partial charge in [-0.25, -0.2) is 0 Å². The van der Waals surface area contributed by atoms with Crippen LogP contribution in [-0.4, -0.2) is 28.7 Å². The van der Waals surface area contributed by atoms with Crippen molar-refractivity contribution in [2.75, 3.05) is 17.2 Å². The average molecular weight is 450 g/mol. The number of carbonyl (C=O) groups excluding carboxylic acids is 2. The Balaban J connectivity index is 1.89. The number of amides is 2. The summed E-state index contributed by atoms with van der Waals surface area (Å²) in [7, 11) is 2.01. The van der Waals surface area contributed by atoms with Crippen molar-refractivity contribution in [3.05, 3.63) is 59.2 Å². The molecule has 32 heavy (non-hydrogen) atoms. The molecule has 4 rings (SSSR count). The normalized spacial score (nSPS) is 16.4. The van der Waals surface area contributed by atoms with E-state index in [9.17, 15) is 9.59 Å². The largest absolute Gasteiger partial charge is 0.354 e. The number of hydrogen-bond acceptors (Lipinski definition) is 3. The van der Waals surface area contributed by atoms with Gasteiger partial charge in [0, 0.05) is 35.7 Å². The average Bonchev–Trinajstić information content (AvgIpc) is 2.93. The molecule has 1 aliphatic rings. The van der Waals surface area contributed by atoms with E-state index in [4.69, 9.17) is 0 Å². The topological polar surface area (TPSA) is 54.3 Å². The second kappa shape index (κ2) is 9.02. The number of nitrogens with zero attached hydrogens (tertiary/aromatic N) is 2. The first-order valence-corrected chi connectivity index (χ1v) is 12.1. The van der Waals surface area contributed by atoms with Gasteiger partial charge in [0.25, 0.3) is 0 Å². The minimum atomic E-state index is -0.715. The van der Waals surface area contributed by atoms with E-state index in [2.05, 4.69) is 42.8 Å². The van der Waals surface area contributed by atoms with E-state index in [1.165, 1.54) is 11.8 Å². The van der Waals surface area contributed by atoms with Gasteiger partial charge in [-0.05, 0) is 55.5 Å². The lowest BCUT2D eigenvalue weighted by Crippen LogP contribution is -2.44. The van der Waals surface area contributed by atoms with Crippen molar-refractivity contribution in [1.29, 1.82) is 0 Å². The SMILES string of the molecule is Cc1ccc(N2C(=O)CSc3c(c4ccccc4n3C)[C@@H]2C(=O)NCCC(C)C)cc1C. The summed E-state index contributed by atoms with van der Waals surface area (Å²) in [5.74, 6) is 0.602. The first-order chi connectivity index (χ1) is 15.3. The standard InChI is InChI=1S/C26H31N3O2S/c1-16(2)12-13-27-25(31)24-23-20-8-6-7-9-21(20)28(5)26(23)32-15-22(30)29(24)19-11-10-17(3)18(4)14-19/h6-11,14,16,24H,12-13,15H2,1-5H3,(H,27,31)/t24-/m1/s1. The van der Waals surface area contributed by atoms with Crippen molar-refractivity contribution in [1.82, 2.24) is 9.88 Å². The molecule has 1 aliphatic heterocycles. The quantitative estimate of drug-likeness (QED) is 0.587. The van der Waals surface area contributed by atoms with Gasteiger partial charge < -0.3 is 9.88 Å². The zero-order valence-electron chi connectivity index (χ0n) is 19.4. The van der Waals surface area contributed by atoms with E-state index in [0.29, 0.717) is 18.2 Å². The molecule has 168 valence electrons. The van der Waals surface area contributed by atoms with Crippen molar-refractivity contribution in [2.24, 2.45) is 13.0 Å². The third kappa shape index (κ3) is 4.04. The second-order valence-corrected chi connectivity index (χ2v) is 9.96. The zero-order chi connectivity index (χ0) is 23.0. The third-order valence-electron chi connectivity index (χ3n) is 6.26. The van der Waals surface area contributed by atoms with Crippen LogP contribution >= 0.6 is 11.8 Å². The Morgan fingerprint density at radius 3 is 2.62 bits per heavy atom. The van der Waals surface area contributed by atoms with Crippen LogP contribution < -0.4 is 10.2 Å². The zero-order valence-corrected chi connectivity index (χ0v) is 20.3. The maximum absolute atomic E-state index is 13.7. The van der Waals surface area contributed by atoms with Crippen molar-refractivity contribution < 1.29 is 9.59 Å². The first-order valence-electron chi connectivity index (χ1n) is 11.2. The van der Waals surface area contributed by atoms with Crippen molar-refractivity contribution >= 4 is 40.2 Å². The summed E-state index contributed by atoms with van der Waals surface area (Å²) in [4.78, 5) is 28.9. The van der Waals surface area contributed by atoms with Gasteiger partial charge >= 0.3 is 0 Å². The Bertz CT molecular complexity index is 1180. The molecule has 0 radical (unpaired) electrons. The Labute approximate surface area is 194 Å². The molecule has 5 nitrogen and oxygen atoms in total. The number of benzene rings is 2. The molecule has 1 aromatic heterocycles. The fourth-order valence-corrected chi connectivity index (χ4v) is 5.38. The van der Waals surface area contributed by atoms with Gasteiger partial charge in [-0.2, -0.15) is 0 Å². The molecular formula is C26H31N3O2S. The third-order valence-corrected chi connectivity index (χ3v) is 7.42. The molecule has 1 atom stereocenters. The van der Waals surface area contributed by atoms with Crippen LogP contribution in [-0.2, 0) is 16.6 Å². The van der Waals surface area contributed by atoms with E-state index in [1.807, 2.05) is 44.3 Å². The lowest BCUT2D eigenvalue weighted by molar-refractivity contribution is -0.125. The van der Waals surface area contributed by atoms with E-state index >= 15 is 0 Å². The summed E-state index contributed by atoms with van der Waals surface area (Å²) in [6.07, 6.45) is 0.896. The van der Waals surface area contributed by atoms with Gasteiger partial charge in [0.05, 0.1) is 10.8 Å². The van der Waals surface area contributed by atoms with E-state index in [0.717, 1.165) is 44.7 Å². The van der Waals surface area contributed by atoms with Gasteiger partial charge in [0.1, 0.15) is 6.04 Å². The summed E-state index contributed by atoms with van der Waals surface area (Å²) < 4.78 is 2.11. The number of fused-ring (bicyclic) bond motifs is 3. The summed E-state index contributed by atoms with van der Waals surface area (Å²) in [5.41, 5.74) is 5.01. The van der Waals surface area contributed by atoms with E-state index in [1.54, 1.807) is 4.90 Å². The molecule has 0 saturated heterocycles. The van der Waals surface area contributed by atoms with Gasteiger partial charge in [-0.15, -0.1) is 0 Å². The van der Waals surface area contributed by atoms with E-state index in [-0.39, 0.29) is 11.8 Å². The molecular weight excluding hydrogens is 418 g/mol. The van der Waals surface area contributed by atoms with Crippen LogP contribution in [0.2, 0.25) is 0 Å². The van der Waals surface area contributed by atoms with Gasteiger partial charge in [-0.1, -0.05) is 49.9 Å². The predicted molar refractivity (Wildman–Crippen MR) is 132 cm³/mol. The van der Waals surface area contributed by atoms with Crippen LogP contribution in [0.3, 0.4) is 0 Å². The molecule has 0 unspecified atom stereocenters. The molecule has 0 bridgehead atoms. The molecule has 0 fully saturated rings. The highest BCUT2D eigenvalue weighted by molar-refractivity contribution is 8.00. The Hall–Kier alpha value is -2.73. The minimum absolute atomic E-state index is 0.0532. The highest BCUT2D eigenvalue weighted by Crippen LogP contribution is 2.43. The Morgan fingerprint density at radius 1 is 1.16 bits per heavy atom. The molecule has 0 saturated carbocycles. The number of hydrogen-bond donors (Lipinski definition) is 1. The van der Waals surface area contributed by atoms with Crippen LogP contribution in [0.25, 0.3) is 10.9 Å². The number of rotatable bonds is 5. The van der Waals surface area contributed by atoms with Crippen LogP contribution in [0.4, 0.5) is 5.69 Å². The van der Waals surface area contributed by atoms with Crippen LogP contribution in [0.1, 0.15) is 43.0 Å². The monoisotopic (exact) mass is 449 g/mol. The maximum Gasteiger partial charge on any atom is 0.247 e. The molecule has 0 aliphatic carbocycles. The fraction of sp³-hybridized carbons (Fsp3) is 0.385. The molecule has 3 aromatic rings. The molecule has 0 spiro atoms. The number of aromatic nitrogens is 1. The smallest absolute Gasteiger partial charge is 0.247 e. The molecule has 2 amide bonds. The predicted octanol–water partition coefficient (Wildman–Crippen LogP) is 5.14.